The summed E-state index contributed by atoms with van der Waals surface area (Å²) in [5.74, 6) is 2.00. The van der Waals surface area contributed by atoms with Crippen LogP contribution in [0.1, 0.15) is 26.1 Å². The number of hydrogen-bond acceptors (Lipinski definition) is 6. The van der Waals surface area contributed by atoms with Crippen molar-refractivity contribution in [3.63, 3.8) is 0 Å². The van der Waals surface area contributed by atoms with E-state index in [-0.39, 0.29) is 12.5 Å². The van der Waals surface area contributed by atoms with E-state index in [0.29, 0.717) is 24.8 Å². The molecule has 0 aliphatic rings. The van der Waals surface area contributed by atoms with Crippen molar-refractivity contribution in [3.05, 3.63) is 11.9 Å². The molecule has 0 unspecified atom stereocenters. The monoisotopic (exact) mass is 295 g/mol. The second-order valence-corrected chi connectivity index (χ2v) is 4.70. The van der Waals surface area contributed by atoms with Crippen molar-refractivity contribution in [1.82, 2.24) is 15.3 Å². The second-order valence-electron chi connectivity index (χ2n) is 4.70. The molecule has 7 nitrogen and oxygen atoms in total. The van der Waals surface area contributed by atoms with E-state index in [1.807, 2.05) is 20.0 Å². The summed E-state index contributed by atoms with van der Waals surface area (Å²) < 4.78 is 5.09. The summed E-state index contributed by atoms with van der Waals surface area (Å²) in [4.78, 5) is 22.3. The van der Waals surface area contributed by atoms with Gasteiger partial charge in [0.15, 0.2) is 5.82 Å². The first kappa shape index (κ1) is 17.2. The van der Waals surface area contributed by atoms with Gasteiger partial charge in [0.1, 0.15) is 18.2 Å². The summed E-state index contributed by atoms with van der Waals surface area (Å²) in [5, 5.41) is 6.00. The average Bonchev–Trinajstić information content (AvgIpc) is 2.45. The van der Waals surface area contributed by atoms with Gasteiger partial charge < -0.3 is 20.3 Å². The third kappa shape index (κ3) is 5.95. The van der Waals surface area contributed by atoms with Crippen LogP contribution in [0.5, 0.6) is 0 Å². The minimum absolute atomic E-state index is 0.0324. The van der Waals surface area contributed by atoms with Crippen LogP contribution in [0.4, 0.5) is 11.6 Å². The number of amides is 1. The van der Waals surface area contributed by atoms with Gasteiger partial charge in [-0.3, -0.25) is 4.79 Å². The third-order valence-electron chi connectivity index (χ3n) is 2.73. The van der Waals surface area contributed by atoms with Crippen molar-refractivity contribution >= 4 is 17.5 Å². The van der Waals surface area contributed by atoms with Gasteiger partial charge in [-0.05, 0) is 13.3 Å². The number of rotatable bonds is 9. The fourth-order valence-corrected chi connectivity index (χ4v) is 1.77. The minimum Gasteiger partial charge on any atom is -0.377 e. The van der Waals surface area contributed by atoms with Gasteiger partial charge in [-0.1, -0.05) is 6.92 Å². The van der Waals surface area contributed by atoms with Crippen molar-refractivity contribution in [2.24, 2.45) is 0 Å². The molecule has 0 aliphatic carbocycles. The highest BCUT2D eigenvalue weighted by Gasteiger charge is 2.11. The van der Waals surface area contributed by atoms with Gasteiger partial charge in [0, 0.05) is 33.3 Å². The summed E-state index contributed by atoms with van der Waals surface area (Å²) in [5.41, 5.74) is 0. The highest BCUT2D eigenvalue weighted by atomic mass is 16.5. The zero-order chi connectivity index (χ0) is 15.7. The zero-order valence-corrected chi connectivity index (χ0v) is 13.3. The Balaban J connectivity index is 2.87. The fourth-order valence-electron chi connectivity index (χ4n) is 1.77. The van der Waals surface area contributed by atoms with Crippen LogP contribution in [0, 0.1) is 0 Å². The zero-order valence-electron chi connectivity index (χ0n) is 13.3. The summed E-state index contributed by atoms with van der Waals surface area (Å²) in [6, 6.07) is 1.84. The van der Waals surface area contributed by atoms with Gasteiger partial charge in [0.05, 0.1) is 6.54 Å². The molecule has 0 aliphatic heterocycles. The molecule has 1 aromatic heterocycles. The van der Waals surface area contributed by atoms with Gasteiger partial charge in [0.2, 0.25) is 5.91 Å². The summed E-state index contributed by atoms with van der Waals surface area (Å²) >= 11 is 0. The van der Waals surface area contributed by atoms with Crippen molar-refractivity contribution in [3.8, 4) is 0 Å². The van der Waals surface area contributed by atoms with Gasteiger partial charge in [-0.2, -0.15) is 0 Å². The number of likely N-dealkylation sites (N-methyl/N-ethyl adjacent to an activating group) is 2. The smallest absolute Gasteiger partial charge is 0.239 e. The van der Waals surface area contributed by atoms with E-state index in [1.54, 1.807) is 12.0 Å². The van der Waals surface area contributed by atoms with E-state index in [9.17, 15) is 4.79 Å². The number of aromatic nitrogens is 2. The predicted octanol–water partition coefficient (Wildman–Crippen LogP) is 1.02. The van der Waals surface area contributed by atoms with E-state index in [2.05, 4.69) is 27.5 Å². The molecule has 0 saturated heterocycles. The number of methoxy groups -OCH3 is 1. The lowest BCUT2D eigenvalue weighted by Gasteiger charge is -2.19. The number of ether oxygens (including phenoxy) is 1. The Morgan fingerprint density at radius 1 is 1.38 bits per heavy atom. The molecule has 7 heteroatoms. The molecule has 1 heterocycles. The maximum Gasteiger partial charge on any atom is 0.239 e. The van der Waals surface area contributed by atoms with E-state index in [0.717, 1.165) is 18.8 Å². The predicted molar refractivity (Wildman–Crippen MR) is 83.5 cm³/mol. The van der Waals surface area contributed by atoms with Crippen LogP contribution in [0.25, 0.3) is 0 Å². The molecule has 0 bridgehead atoms. The lowest BCUT2D eigenvalue weighted by Crippen LogP contribution is -2.35. The lowest BCUT2D eigenvalue weighted by molar-refractivity contribution is -0.119. The largest absolute Gasteiger partial charge is 0.377 e. The Hall–Kier alpha value is -1.89. The molecule has 1 amide bonds. The lowest BCUT2D eigenvalue weighted by atomic mass is 10.4. The highest BCUT2D eigenvalue weighted by molar-refractivity contribution is 5.80. The van der Waals surface area contributed by atoms with Crippen molar-refractivity contribution in [1.29, 1.82) is 0 Å². The summed E-state index contributed by atoms with van der Waals surface area (Å²) in [7, 11) is 3.44. The minimum atomic E-state index is -0.0324. The van der Waals surface area contributed by atoms with Gasteiger partial charge in [-0.15, -0.1) is 0 Å². The molecular formula is C14H25N5O2. The maximum atomic E-state index is 11.7. The van der Waals surface area contributed by atoms with E-state index in [4.69, 9.17) is 4.74 Å². The first-order valence-electron chi connectivity index (χ1n) is 7.19. The number of nitrogens with zero attached hydrogens (tertiary/aromatic N) is 3. The van der Waals surface area contributed by atoms with Crippen molar-refractivity contribution < 1.29 is 9.53 Å². The van der Waals surface area contributed by atoms with E-state index >= 15 is 0 Å². The molecule has 0 spiro atoms. The van der Waals surface area contributed by atoms with Crippen LogP contribution in [0.2, 0.25) is 0 Å². The standard InChI is InChI=1S/C14H25N5O2/c1-5-7-16-11-8-13(18-12(17-11)10-21-4)19(3)9-14(20)15-6-2/h8H,5-7,9-10H2,1-4H3,(H,15,20)(H,16,17,18). The van der Waals surface area contributed by atoms with Crippen LogP contribution in [0.15, 0.2) is 6.07 Å². The van der Waals surface area contributed by atoms with Gasteiger partial charge in [-0.25, -0.2) is 9.97 Å². The molecular weight excluding hydrogens is 270 g/mol. The van der Waals surface area contributed by atoms with Crippen LogP contribution < -0.4 is 15.5 Å². The van der Waals surface area contributed by atoms with Crippen LogP contribution in [-0.2, 0) is 16.1 Å². The average molecular weight is 295 g/mol. The molecule has 0 fully saturated rings. The Morgan fingerprint density at radius 3 is 2.76 bits per heavy atom. The molecule has 1 rings (SSSR count). The SMILES string of the molecule is CCCNc1cc(N(C)CC(=O)NCC)nc(COC)n1. The van der Waals surface area contributed by atoms with Crippen LogP contribution in [-0.4, -0.2) is 49.7 Å². The Kier molecular flexibility index (Phi) is 7.45. The number of anilines is 2. The van der Waals surface area contributed by atoms with E-state index < -0.39 is 0 Å². The van der Waals surface area contributed by atoms with E-state index in [1.165, 1.54) is 0 Å². The first-order chi connectivity index (χ1) is 10.1. The van der Waals surface area contributed by atoms with Crippen LogP contribution in [0.3, 0.4) is 0 Å². The number of hydrogen-bond donors (Lipinski definition) is 2. The van der Waals surface area contributed by atoms with Crippen LogP contribution >= 0.6 is 0 Å². The number of nitrogens with one attached hydrogen (secondary N) is 2. The molecule has 0 radical (unpaired) electrons. The fraction of sp³-hybridized carbons (Fsp3) is 0.643. The quantitative estimate of drug-likeness (QED) is 0.708. The maximum absolute atomic E-state index is 11.7. The number of carbonyl (C=O) groups is 1. The molecule has 0 atom stereocenters. The Bertz CT molecular complexity index is 453. The third-order valence-corrected chi connectivity index (χ3v) is 2.73. The van der Waals surface area contributed by atoms with Gasteiger partial charge >= 0.3 is 0 Å². The summed E-state index contributed by atoms with van der Waals surface area (Å²) in [6.45, 7) is 6.03. The normalized spacial score (nSPS) is 10.3. The topological polar surface area (TPSA) is 79.4 Å². The van der Waals surface area contributed by atoms with Gasteiger partial charge in [0.25, 0.3) is 0 Å². The molecule has 2 N–H and O–H groups in total. The molecule has 1 aromatic rings. The van der Waals surface area contributed by atoms with Crippen molar-refractivity contribution in [2.45, 2.75) is 26.9 Å². The van der Waals surface area contributed by atoms with Crippen molar-refractivity contribution in [2.75, 3.05) is 44.0 Å². The summed E-state index contributed by atoms with van der Waals surface area (Å²) in [6.07, 6.45) is 1.01. The number of carbonyl (C=O) groups excluding carboxylic acids is 1. The molecule has 0 saturated carbocycles. The Labute approximate surface area is 126 Å². The first-order valence-corrected chi connectivity index (χ1v) is 7.19. The second kappa shape index (κ2) is 9.12. The highest BCUT2D eigenvalue weighted by Crippen LogP contribution is 2.15. The Morgan fingerprint density at radius 2 is 2.14 bits per heavy atom. The molecule has 21 heavy (non-hydrogen) atoms. The molecule has 0 aromatic carbocycles. The molecule has 118 valence electrons.